The van der Waals surface area contributed by atoms with E-state index in [0.29, 0.717) is 27.9 Å². The monoisotopic (exact) mass is 351 g/mol. The lowest BCUT2D eigenvalue weighted by atomic mass is 9.92. The van der Waals surface area contributed by atoms with Crippen LogP contribution in [0.4, 0.5) is 5.69 Å². The molecule has 0 fully saturated rings. The molecule has 0 bridgehead atoms. The molecule has 1 aromatic carbocycles. The van der Waals surface area contributed by atoms with E-state index in [1.165, 1.54) is 14.2 Å². The largest absolute Gasteiger partial charge is 0.495 e. The maximum absolute atomic E-state index is 12.6. The van der Waals surface area contributed by atoms with Crippen molar-refractivity contribution in [1.82, 2.24) is 9.78 Å². The second-order valence-corrected chi connectivity index (χ2v) is 6.84. The van der Waals surface area contributed by atoms with Crippen LogP contribution in [0.25, 0.3) is 0 Å². The van der Waals surface area contributed by atoms with Gasteiger partial charge in [0.1, 0.15) is 17.2 Å². The van der Waals surface area contributed by atoms with Gasteiger partial charge in [0.15, 0.2) is 0 Å². The molecule has 2 rings (SSSR count). The van der Waals surface area contributed by atoms with Crippen LogP contribution in [0.3, 0.4) is 0 Å². The Morgan fingerprint density at radius 3 is 2.29 bits per heavy atom. The first kappa shape index (κ1) is 18.1. The Kier molecular flexibility index (Phi) is 5.08. The number of hydrogen-bond donors (Lipinski definition) is 1. The summed E-state index contributed by atoms with van der Waals surface area (Å²) in [6.07, 6.45) is 0. The van der Waals surface area contributed by atoms with Gasteiger partial charge in [-0.2, -0.15) is 5.10 Å². The number of aromatic nitrogens is 2. The molecule has 1 amide bonds. The Morgan fingerprint density at radius 1 is 1.17 bits per heavy atom. The van der Waals surface area contributed by atoms with Crippen LogP contribution in [-0.4, -0.2) is 29.9 Å². The molecule has 24 heavy (non-hydrogen) atoms. The Morgan fingerprint density at radius 2 is 1.79 bits per heavy atom. The first-order valence-electron chi connectivity index (χ1n) is 7.44. The van der Waals surface area contributed by atoms with Crippen molar-refractivity contribution in [2.75, 3.05) is 19.5 Å². The molecule has 130 valence electrons. The van der Waals surface area contributed by atoms with E-state index in [0.717, 1.165) is 5.69 Å². The number of halogens is 1. The lowest BCUT2D eigenvalue weighted by molar-refractivity contribution is 0.101. The van der Waals surface area contributed by atoms with E-state index in [4.69, 9.17) is 21.1 Å². The molecular formula is C17H22ClN3O3. The fraction of sp³-hybridized carbons (Fsp3) is 0.412. The van der Waals surface area contributed by atoms with Crippen LogP contribution in [0.5, 0.6) is 11.5 Å². The number of carbonyl (C=O) groups excluding carboxylic acids is 1. The van der Waals surface area contributed by atoms with Gasteiger partial charge >= 0.3 is 0 Å². The minimum absolute atomic E-state index is 0.141. The Bertz CT molecular complexity index is 763. The number of rotatable bonds is 4. The predicted octanol–water partition coefficient (Wildman–Crippen LogP) is 3.64. The summed E-state index contributed by atoms with van der Waals surface area (Å²) in [5.41, 5.74) is 1.62. The number of benzene rings is 1. The van der Waals surface area contributed by atoms with Gasteiger partial charge in [-0.25, -0.2) is 0 Å². The zero-order valence-corrected chi connectivity index (χ0v) is 15.5. The van der Waals surface area contributed by atoms with Crippen molar-refractivity contribution in [2.45, 2.75) is 26.2 Å². The van der Waals surface area contributed by atoms with E-state index in [9.17, 15) is 4.79 Å². The summed E-state index contributed by atoms with van der Waals surface area (Å²) in [7, 11) is 4.77. The molecular weight excluding hydrogens is 330 g/mol. The lowest BCUT2D eigenvalue weighted by Gasteiger charge is -2.13. The average molecular weight is 352 g/mol. The van der Waals surface area contributed by atoms with Crippen LogP contribution >= 0.6 is 11.6 Å². The molecule has 1 N–H and O–H groups in total. The van der Waals surface area contributed by atoms with Gasteiger partial charge in [0, 0.05) is 18.5 Å². The molecule has 0 aliphatic rings. The highest BCUT2D eigenvalue weighted by molar-refractivity contribution is 6.32. The van der Waals surface area contributed by atoms with Crippen molar-refractivity contribution in [1.29, 1.82) is 0 Å². The zero-order chi connectivity index (χ0) is 18.1. The maximum atomic E-state index is 12.6. The fourth-order valence-electron chi connectivity index (χ4n) is 2.19. The number of aryl methyl sites for hydroxylation is 1. The molecule has 6 nitrogen and oxygen atoms in total. The van der Waals surface area contributed by atoms with E-state index in [1.54, 1.807) is 29.9 Å². The average Bonchev–Trinajstić information content (AvgIpc) is 2.89. The van der Waals surface area contributed by atoms with Crippen molar-refractivity contribution in [3.05, 3.63) is 34.6 Å². The first-order chi connectivity index (χ1) is 11.2. The number of anilines is 1. The van der Waals surface area contributed by atoms with E-state index in [2.05, 4.69) is 10.4 Å². The summed E-state index contributed by atoms with van der Waals surface area (Å²) in [5, 5.41) is 7.60. The smallest absolute Gasteiger partial charge is 0.274 e. The zero-order valence-electron chi connectivity index (χ0n) is 14.7. The second kappa shape index (κ2) is 6.73. The van der Waals surface area contributed by atoms with Crippen molar-refractivity contribution >= 4 is 23.2 Å². The van der Waals surface area contributed by atoms with Gasteiger partial charge in [-0.05, 0) is 12.1 Å². The summed E-state index contributed by atoms with van der Waals surface area (Å²) in [5.74, 6) is 0.643. The number of carbonyl (C=O) groups is 1. The van der Waals surface area contributed by atoms with Gasteiger partial charge in [-0.15, -0.1) is 0 Å². The van der Waals surface area contributed by atoms with Gasteiger partial charge in [-0.1, -0.05) is 32.4 Å². The molecule has 0 spiro atoms. The summed E-state index contributed by atoms with van der Waals surface area (Å²) in [4.78, 5) is 12.6. The molecule has 0 atom stereocenters. The minimum Gasteiger partial charge on any atom is -0.495 e. The van der Waals surface area contributed by atoms with E-state index in [-0.39, 0.29) is 11.3 Å². The molecule has 0 aliphatic carbocycles. The van der Waals surface area contributed by atoms with Gasteiger partial charge in [-0.3, -0.25) is 9.48 Å². The van der Waals surface area contributed by atoms with Crippen LogP contribution in [0, 0.1) is 0 Å². The summed E-state index contributed by atoms with van der Waals surface area (Å²) >= 11 is 6.13. The fourth-order valence-corrected chi connectivity index (χ4v) is 2.43. The number of hydrogen-bond acceptors (Lipinski definition) is 4. The normalized spacial score (nSPS) is 11.3. The van der Waals surface area contributed by atoms with E-state index in [1.807, 2.05) is 20.8 Å². The first-order valence-corrected chi connectivity index (χ1v) is 7.82. The molecule has 0 saturated heterocycles. The third-order valence-corrected chi connectivity index (χ3v) is 3.90. The summed E-state index contributed by atoms with van der Waals surface area (Å²) in [6, 6.07) is 5.01. The second-order valence-electron chi connectivity index (χ2n) is 6.43. The van der Waals surface area contributed by atoms with Crippen molar-refractivity contribution in [3.8, 4) is 11.5 Å². The molecule has 0 aliphatic heterocycles. The molecule has 1 aromatic heterocycles. The van der Waals surface area contributed by atoms with E-state index >= 15 is 0 Å². The molecule has 0 saturated carbocycles. The quantitative estimate of drug-likeness (QED) is 0.913. The van der Waals surface area contributed by atoms with Crippen LogP contribution < -0.4 is 14.8 Å². The predicted molar refractivity (Wildman–Crippen MR) is 94.4 cm³/mol. The highest BCUT2D eigenvalue weighted by Gasteiger charge is 2.22. The highest BCUT2D eigenvalue weighted by Crippen LogP contribution is 2.36. The van der Waals surface area contributed by atoms with Crippen LogP contribution in [0.2, 0.25) is 5.02 Å². The molecule has 2 aromatic rings. The molecule has 1 heterocycles. The van der Waals surface area contributed by atoms with Crippen LogP contribution in [-0.2, 0) is 12.5 Å². The van der Waals surface area contributed by atoms with Gasteiger partial charge in [0.05, 0.1) is 30.6 Å². The van der Waals surface area contributed by atoms with E-state index < -0.39 is 0 Å². The lowest BCUT2D eigenvalue weighted by Crippen LogP contribution is -2.16. The van der Waals surface area contributed by atoms with Gasteiger partial charge in [0.25, 0.3) is 5.91 Å². The Hall–Kier alpha value is -2.21. The number of nitrogens with one attached hydrogen (secondary N) is 1. The van der Waals surface area contributed by atoms with Gasteiger partial charge in [0.2, 0.25) is 0 Å². The minimum atomic E-state index is -0.292. The summed E-state index contributed by atoms with van der Waals surface area (Å²) in [6.45, 7) is 6.13. The third-order valence-electron chi connectivity index (χ3n) is 3.60. The molecule has 0 radical (unpaired) electrons. The third kappa shape index (κ3) is 3.64. The SMILES string of the molecule is COc1cc(OC)c(NC(=O)c2cc(C(C)(C)C)nn2C)cc1Cl. The van der Waals surface area contributed by atoms with Gasteiger partial charge < -0.3 is 14.8 Å². The number of nitrogens with zero attached hydrogens (tertiary/aromatic N) is 2. The van der Waals surface area contributed by atoms with Crippen LogP contribution in [0.1, 0.15) is 37.0 Å². The topological polar surface area (TPSA) is 65.4 Å². The maximum Gasteiger partial charge on any atom is 0.274 e. The Balaban J connectivity index is 2.34. The number of ether oxygens (including phenoxy) is 2. The standard InChI is InChI=1S/C17H22ClN3O3/c1-17(2,3)15-8-12(21(4)20-15)16(22)19-11-7-10(18)13(23-5)9-14(11)24-6/h7-9H,1-6H3,(H,19,22). The molecule has 0 unspecified atom stereocenters. The van der Waals surface area contributed by atoms with Crippen molar-refractivity contribution in [3.63, 3.8) is 0 Å². The molecule has 7 heteroatoms. The summed E-state index contributed by atoms with van der Waals surface area (Å²) < 4.78 is 12.0. The van der Waals surface area contributed by atoms with Crippen molar-refractivity contribution in [2.24, 2.45) is 7.05 Å². The van der Waals surface area contributed by atoms with Crippen LogP contribution in [0.15, 0.2) is 18.2 Å². The van der Waals surface area contributed by atoms with Crippen molar-refractivity contribution < 1.29 is 14.3 Å². The highest BCUT2D eigenvalue weighted by atomic mass is 35.5. The Labute approximate surface area is 146 Å². The number of amides is 1. The number of methoxy groups -OCH3 is 2.